The highest BCUT2D eigenvalue weighted by atomic mass is 35.5. The van der Waals surface area contributed by atoms with Gasteiger partial charge in [-0.15, -0.1) is 0 Å². The minimum Gasteiger partial charge on any atom is -0.359 e. The number of hydrazine groups is 1. The number of aliphatic hydroxyl groups is 1. The molecule has 26 heavy (non-hydrogen) atoms. The van der Waals surface area contributed by atoms with E-state index in [0.29, 0.717) is 6.08 Å². The fourth-order valence-corrected chi connectivity index (χ4v) is 2.64. The van der Waals surface area contributed by atoms with Crippen LogP contribution in [-0.4, -0.2) is 27.9 Å². The van der Waals surface area contributed by atoms with E-state index in [2.05, 4.69) is 5.43 Å². The molecule has 1 heterocycles. The molecule has 0 bridgehead atoms. The molecular formula is C17H11ClF4N2O2. The van der Waals surface area contributed by atoms with E-state index in [1.54, 1.807) is 0 Å². The number of nitrogens with one attached hydrogen (secondary N) is 1. The van der Waals surface area contributed by atoms with E-state index in [0.717, 1.165) is 12.1 Å². The molecule has 2 aromatic rings. The first kappa shape index (κ1) is 18.2. The lowest BCUT2D eigenvalue weighted by atomic mass is 10.1. The van der Waals surface area contributed by atoms with Crippen molar-refractivity contribution in [3.05, 3.63) is 76.6 Å². The molecule has 0 fully saturated rings. The number of hydrogen-bond donors (Lipinski definition) is 2. The van der Waals surface area contributed by atoms with Crippen molar-refractivity contribution in [1.82, 2.24) is 10.4 Å². The zero-order valence-corrected chi connectivity index (χ0v) is 13.6. The third kappa shape index (κ3) is 3.13. The summed E-state index contributed by atoms with van der Waals surface area (Å²) in [5.74, 6) is -1.72. The summed E-state index contributed by atoms with van der Waals surface area (Å²) in [7, 11) is 0. The Bertz CT molecular complexity index is 883. The van der Waals surface area contributed by atoms with Crippen LogP contribution in [0.5, 0.6) is 0 Å². The van der Waals surface area contributed by atoms with Gasteiger partial charge in [0.25, 0.3) is 11.6 Å². The van der Waals surface area contributed by atoms with E-state index < -0.39 is 23.6 Å². The Balaban J connectivity index is 2.02. The van der Waals surface area contributed by atoms with E-state index in [1.807, 2.05) is 0 Å². The Morgan fingerprint density at radius 1 is 1.15 bits per heavy atom. The van der Waals surface area contributed by atoms with Gasteiger partial charge in [-0.05, 0) is 48.0 Å². The first-order valence-electron chi connectivity index (χ1n) is 7.26. The Morgan fingerprint density at radius 2 is 1.81 bits per heavy atom. The van der Waals surface area contributed by atoms with Gasteiger partial charge in [0.05, 0.1) is 5.70 Å². The predicted molar refractivity (Wildman–Crippen MR) is 86.1 cm³/mol. The third-order valence-corrected chi connectivity index (χ3v) is 4.00. The maximum Gasteiger partial charge on any atom is 0.442 e. The smallest absolute Gasteiger partial charge is 0.359 e. The van der Waals surface area contributed by atoms with Gasteiger partial charge >= 0.3 is 6.18 Å². The van der Waals surface area contributed by atoms with E-state index >= 15 is 0 Å². The number of alkyl halides is 3. The molecule has 0 radical (unpaired) electrons. The van der Waals surface area contributed by atoms with Gasteiger partial charge in [-0.2, -0.15) is 13.2 Å². The predicted octanol–water partition coefficient (Wildman–Crippen LogP) is 3.73. The van der Waals surface area contributed by atoms with Crippen LogP contribution in [0, 0.1) is 5.82 Å². The second-order valence-corrected chi connectivity index (χ2v) is 5.99. The molecule has 0 aliphatic carbocycles. The van der Waals surface area contributed by atoms with Crippen molar-refractivity contribution in [3.63, 3.8) is 0 Å². The Morgan fingerprint density at radius 3 is 2.38 bits per heavy atom. The van der Waals surface area contributed by atoms with Crippen LogP contribution >= 0.6 is 11.6 Å². The molecule has 3 rings (SSSR count). The number of benzene rings is 2. The number of hydrogen-bond acceptors (Lipinski definition) is 3. The van der Waals surface area contributed by atoms with Gasteiger partial charge in [0, 0.05) is 16.7 Å². The highest BCUT2D eigenvalue weighted by Crippen LogP contribution is 2.40. The molecule has 1 amide bonds. The van der Waals surface area contributed by atoms with Crippen LogP contribution in [0.15, 0.2) is 54.6 Å². The summed E-state index contributed by atoms with van der Waals surface area (Å²) in [6.07, 6.45) is -4.72. The molecule has 1 aliphatic rings. The normalized spacial score (nSPS) is 19.9. The molecule has 2 aromatic carbocycles. The average molecular weight is 387 g/mol. The van der Waals surface area contributed by atoms with Crippen molar-refractivity contribution in [3.8, 4) is 0 Å². The van der Waals surface area contributed by atoms with Gasteiger partial charge in [-0.1, -0.05) is 17.7 Å². The topological polar surface area (TPSA) is 52.6 Å². The standard InChI is InChI=1S/C17H11ClF4N2O2/c18-12-3-1-2-11(8-12)15(25)24-16(26,17(20,21)22)9-14(23-24)10-4-6-13(19)7-5-10/h1-9,23,26H/t16-/m0/s1. The van der Waals surface area contributed by atoms with Crippen molar-refractivity contribution in [2.75, 3.05) is 0 Å². The van der Waals surface area contributed by atoms with Gasteiger partial charge in [0.2, 0.25) is 0 Å². The lowest BCUT2D eigenvalue weighted by Gasteiger charge is -2.33. The quantitative estimate of drug-likeness (QED) is 0.773. The molecular weight excluding hydrogens is 376 g/mol. The molecule has 9 heteroatoms. The number of rotatable bonds is 2. The first-order chi connectivity index (χ1) is 12.1. The first-order valence-corrected chi connectivity index (χ1v) is 7.64. The fraction of sp³-hybridized carbons (Fsp3) is 0.118. The molecule has 4 nitrogen and oxygen atoms in total. The summed E-state index contributed by atoms with van der Waals surface area (Å²) < 4.78 is 53.5. The van der Waals surface area contributed by atoms with Gasteiger partial charge < -0.3 is 5.11 Å². The molecule has 0 saturated heterocycles. The van der Waals surface area contributed by atoms with Crippen LogP contribution in [-0.2, 0) is 0 Å². The van der Waals surface area contributed by atoms with Crippen molar-refractivity contribution in [1.29, 1.82) is 0 Å². The molecule has 0 saturated carbocycles. The van der Waals surface area contributed by atoms with Gasteiger partial charge in [0.15, 0.2) is 0 Å². The highest BCUT2D eigenvalue weighted by molar-refractivity contribution is 6.31. The van der Waals surface area contributed by atoms with E-state index in [4.69, 9.17) is 11.6 Å². The third-order valence-electron chi connectivity index (χ3n) is 3.77. The summed E-state index contributed by atoms with van der Waals surface area (Å²) in [6.45, 7) is 0. The lowest BCUT2D eigenvalue weighted by molar-refractivity contribution is -0.283. The number of carbonyl (C=O) groups excluding carboxylic acids is 1. The fourth-order valence-electron chi connectivity index (χ4n) is 2.45. The summed E-state index contributed by atoms with van der Waals surface area (Å²) in [4.78, 5) is 12.5. The van der Waals surface area contributed by atoms with E-state index in [-0.39, 0.29) is 26.9 Å². The van der Waals surface area contributed by atoms with E-state index in [9.17, 15) is 27.5 Å². The number of nitrogens with zero attached hydrogens (tertiary/aromatic N) is 1. The Labute approximate surface area is 150 Å². The summed E-state index contributed by atoms with van der Waals surface area (Å²) >= 11 is 5.77. The Hall–Kier alpha value is -2.58. The van der Waals surface area contributed by atoms with Crippen LogP contribution in [0.3, 0.4) is 0 Å². The molecule has 136 valence electrons. The molecule has 2 N–H and O–H groups in total. The van der Waals surface area contributed by atoms with Gasteiger partial charge in [0.1, 0.15) is 5.82 Å². The van der Waals surface area contributed by atoms with Crippen LogP contribution in [0.1, 0.15) is 15.9 Å². The van der Waals surface area contributed by atoms with Crippen LogP contribution in [0.4, 0.5) is 17.6 Å². The second kappa shape index (κ2) is 6.30. The largest absolute Gasteiger partial charge is 0.442 e. The number of amides is 1. The number of carbonyl (C=O) groups is 1. The highest BCUT2D eigenvalue weighted by Gasteiger charge is 2.61. The van der Waals surface area contributed by atoms with Crippen molar-refractivity contribution in [2.45, 2.75) is 11.9 Å². The van der Waals surface area contributed by atoms with Crippen LogP contribution < -0.4 is 5.43 Å². The molecule has 0 aromatic heterocycles. The maximum absolute atomic E-state index is 13.5. The Kier molecular flexibility index (Phi) is 4.41. The van der Waals surface area contributed by atoms with Gasteiger partial charge in [-0.3, -0.25) is 10.2 Å². The monoisotopic (exact) mass is 386 g/mol. The summed E-state index contributed by atoms with van der Waals surface area (Å²) in [5.41, 5.74) is -1.52. The zero-order valence-electron chi connectivity index (χ0n) is 12.9. The maximum atomic E-state index is 13.5. The molecule has 1 atom stereocenters. The molecule has 0 spiro atoms. The lowest BCUT2D eigenvalue weighted by Crippen LogP contribution is -2.60. The van der Waals surface area contributed by atoms with Crippen LogP contribution in [0.25, 0.3) is 5.70 Å². The van der Waals surface area contributed by atoms with E-state index in [1.165, 1.54) is 36.4 Å². The second-order valence-electron chi connectivity index (χ2n) is 5.55. The number of halogens is 5. The molecule has 0 unspecified atom stereocenters. The van der Waals surface area contributed by atoms with Crippen molar-refractivity contribution >= 4 is 23.2 Å². The zero-order chi connectivity index (χ0) is 19.1. The molecule has 1 aliphatic heterocycles. The summed E-state index contributed by atoms with van der Waals surface area (Å²) in [5, 5.41) is 10.4. The SMILES string of the molecule is O=C(c1cccc(Cl)c1)N1NC(c2ccc(F)cc2)=C[C@]1(O)C(F)(F)F. The minimum absolute atomic E-state index is 0.0668. The summed E-state index contributed by atoms with van der Waals surface area (Å²) in [6, 6.07) is 9.83. The van der Waals surface area contributed by atoms with Crippen LogP contribution in [0.2, 0.25) is 5.02 Å². The van der Waals surface area contributed by atoms with Crippen molar-refractivity contribution in [2.24, 2.45) is 0 Å². The van der Waals surface area contributed by atoms with Gasteiger partial charge in [-0.25, -0.2) is 9.40 Å². The minimum atomic E-state index is -5.18. The average Bonchev–Trinajstić information content (AvgIpc) is 2.94. The van der Waals surface area contributed by atoms with Crippen molar-refractivity contribution < 1.29 is 27.5 Å².